The number of Topliss-reactive ketones (excluding diaryl/α,β-unsaturated/α-hetero) is 1. The fraction of sp³-hybridized carbons (Fsp3) is 0.250. The second-order valence-electron chi connectivity index (χ2n) is 3.06. The van der Waals surface area contributed by atoms with Gasteiger partial charge in [0.2, 0.25) is 0 Å². The maximum atomic E-state index is 11.2. The molecule has 1 aromatic rings. The van der Waals surface area contributed by atoms with Crippen LogP contribution in [0.4, 0.5) is 0 Å². The van der Waals surface area contributed by atoms with E-state index in [4.69, 9.17) is 0 Å². The Morgan fingerprint density at radius 1 is 1.31 bits per heavy atom. The Hall–Kier alpha value is -1.37. The van der Waals surface area contributed by atoms with Crippen LogP contribution in [0.2, 0.25) is 0 Å². The molecular weight excluding hydrogens is 160 g/mol. The van der Waals surface area contributed by atoms with E-state index >= 15 is 0 Å². The number of carbonyl (C=O) groups is 1. The highest BCUT2D eigenvalue weighted by atomic mass is 16.1. The van der Waals surface area contributed by atoms with Gasteiger partial charge in [-0.1, -0.05) is 37.8 Å². The van der Waals surface area contributed by atoms with E-state index in [1.54, 1.807) is 6.92 Å². The average molecular weight is 174 g/mol. The van der Waals surface area contributed by atoms with E-state index in [1.165, 1.54) is 0 Å². The van der Waals surface area contributed by atoms with Gasteiger partial charge in [0.1, 0.15) is 0 Å². The lowest BCUT2D eigenvalue weighted by Gasteiger charge is -2.07. The molecule has 13 heavy (non-hydrogen) atoms. The zero-order chi connectivity index (χ0) is 9.84. The minimum atomic E-state index is 0.102. The third-order valence-electron chi connectivity index (χ3n) is 2.11. The molecule has 0 aliphatic rings. The molecule has 1 nitrogen and oxygen atoms in total. The summed E-state index contributed by atoms with van der Waals surface area (Å²) in [6.07, 6.45) is 0.879. The predicted molar refractivity (Wildman–Crippen MR) is 55.8 cm³/mol. The van der Waals surface area contributed by atoms with Gasteiger partial charge in [-0.05, 0) is 24.5 Å². The molecule has 1 heteroatoms. The number of allylic oxidation sites excluding steroid dienone is 1. The molecule has 0 radical (unpaired) electrons. The minimum absolute atomic E-state index is 0.102. The Morgan fingerprint density at radius 2 is 1.85 bits per heavy atom. The molecule has 0 spiro atoms. The Kier molecular flexibility index (Phi) is 3.02. The molecule has 1 aromatic carbocycles. The van der Waals surface area contributed by atoms with Crippen LogP contribution < -0.4 is 0 Å². The van der Waals surface area contributed by atoms with Crippen LogP contribution in [0.3, 0.4) is 0 Å². The van der Waals surface area contributed by atoms with Crippen LogP contribution in [0, 0.1) is 0 Å². The van der Waals surface area contributed by atoms with E-state index in [9.17, 15) is 4.79 Å². The SMILES string of the molecule is C=C(CC)c1ccccc1C(C)=O. The Balaban J connectivity index is 3.19. The van der Waals surface area contributed by atoms with Crippen molar-refractivity contribution in [1.82, 2.24) is 0 Å². The van der Waals surface area contributed by atoms with E-state index in [2.05, 4.69) is 6.58 Å². The van der Waals surface area contributed by atoms with Gasteiger partial charge in [0, 0.05) is 5.56 Å². The van der Waals surface area contributed by atoms with Gasteiger partial charge in [-0.25, -0.2) is 0 Å². The lowest BCUT2D eigenvalue weighted by atomic mass is 9.97. The van der Waals surface area contributed by atoms with Crippen molar-refractivity contribution in [3.05, 3.63) is 42.0 Å². The monoisotopic (exact) mass is 174 g/mol. The molecule has 0 fully saturated rings. The Labute approximate surface area is 79.1 Å². The molecule has 0 bridgehead atoms. The summed E-state index contributed by atoms with van der Waals surface area (Å²) in [6, 6.07) is 7.60. The van der Waals surface area contributed by atoms with Crippen molar-refractivity contribution < 1.29 is 4.79 Å². The number of rotatable bonds is 3. The molecule has 1 rings (SSSR count). The summed E-state index contributed by atoms with van der Waals surface area (Å²) in [5, 5.41) is 0. The number of benzene rings is 1. The average Bonchev–Trinajstić information content (AvgIpc) is 2.16. The van der Waals surface area contributed by atoms with Crippen LogP contribution in [0.1, 0.15) is 36.2 Å². The molecule has 0 aliphatic carbocycles. The quantitative estimate of drug-likeness (QED) is 0.642. The first-order chi connectivity index (χ1) is 6.16. The van der Waals surface area contributed by atoms with Crippen molar-refractivity contribution in [2.24, 2.45) is 0 Å². The van der Waals surface area contributed by atoms with Crippen molar-refractivity contribution in [3.8, 4) is 0 Å². The van der Waals surface area contributed by atoms with Crippen molar-refractivity contribution in [1.29, 1.82) is 0 Å². The topological polar surface area (TPSA) is 17.1 Å². The van der Waals surface area contributed by atoms with Crippen LogP contribution in [0.5, 0.6) is 0 Å². The predicted octanol–water partition coefficient (Wildman–Crippen LogP) is 3.31. The third-order valence-corrected chi connectivity index (χ3v) is 2.11. The maximum absolute atomic E-state index is 11.2. The molecule has 0 atom stereocenters. The van der Waals surface area contributed by atoms with Crippen molar-refractivity contribution in [3.63, 3.8) is 0 Å². The summed E-state index contributed by atoms with van der Waals surface area (Å²) in [6.45, 7) is 7.56. The lowest BCUT2D eigenvalue weighted by Crippen LogP contribution is -1.97. The zero-order valence-electron chi connectivity index (χ0n) is 8.13. The van der Waals surface area contributed by atoms with Gasteiger partial charge in [0.15, 0.2) is 5.78 Å². The van der Waals surface area contributed by atoms with E-state index in [1.807, 2.05) is 31.2 Å². The minimum Gasteiger partial charge on any atom is -0.294 e. The molecule has 0 aliphatic heterocycles. The van der Waals surface area contributed by atoms with Crippen LogP contribution in [-0.4, -0.2) is 5.78 Å². The summed E-state index contributed by atoms with van der Waals surface area (Å²) in [5.41, 5.74) is 2.78. The number of hydrogen-bond acceptors (Lipinski definition) is 1. The first kappa shape index (κ1) is 9.72. The van der Waals surface area contributed by atoms with Gasteiger partial charge < -0.3 is 0 Å². The van der Waals surface area contributed by atoms with Crippen LogP contribution >= 0.6 is 0 Å². The highest BCUT2D eigenvalue weighted by Gasteiger charge is 2.06. The molecule has 0 unspecified atom stereocenters. The van der Waals surface area contributed by atoms with Crippen LogP contribution in [0.15, 0.2) is 30.8 Å². The smallest absolute Gasteiger partial charge is 0.160 e. The zero-order valence-corrected chi connectivity index (χ0v) is 8.13. The molecule has 0 N–H and O–H groups in total. The number of hydrogen-bond donors (Lipinski definition) is 0. The molecule has 0 aromatic heterocycles. The van der Waals surface area contributed by atoms with Gasteiger partial charge in [-0.2, -0.15) is 0 Å². The highest BCUT2D eigenvalue weighted by molar-refractivity contribution is 5.98. The molecule has 0 saturated heterocycles. The second-order valence-corrected chi connectivity index (χ2v) is 3.06. The summed E-state index contributed by atoms with van der Waals surface area (Å²) >= 11 is 0. The van der Waals surface area contributed by atoms with E-state index < -0.39 is 0 Å². The molecular formula is C12H14O. The second kappa shape index (κ2) is 4.04. The molecule has 0 heterocycles. The fourth-order valence-corrected chi connectivity index (χ4v) is 1.29. The summed E-state index contributed by atoms with van der Waals surface area (Å²) < 4.78 is 0. The Bertz CT molecular complexity index is 337. The summed E-state index contributed by atoms with van der Waals surface area (Å²) in [7, 11) is 0. The standard InChI is InChI=1S/C12H14O/c1-4-9(2)11-7-5-6-8-12(11)10(3)13/h5-8H,2,4H2,1,3H3. The van der Waals surface area contributed by atoms with Gasteiger partial charge >= 0.3 is 0 Å². The van der Waals surface area contributed by atoms with E-state index in [0.29, 0.717) is 0 Å². The summed E-state index contributed by atoms with van der Waals surface area (Å²) in [4.78, 5) is 11.2. The first-order valence-electron chi connectivity index (χ1n) is 4.45. The van der Waals surface area contributed by atoms with Gasteiger partial charge in [-0.3, -0.25) is 4.79 Å². The first-order valence-corrected chi connectivity index (χ1v) is 4.45. The number of ketones is 1. The van der Waals surface area contributed by atoms with E-state index in [-0.39, 0.29) is 5.78 Å². The van der Waals surface area contributed by atoms with Gasteiger partial charge in [-0.15, -0.1) is 0 Å². The van der Waals surface area contributed by atoms with Crippen LogP contribution in [0.25, 0.3) is 5.57 Å². The van der Waals surface area contributed by atoms with Crippen molar-refractivity contribution >= 4 is 11.4 Å². The third kappa shape index (κ3) is 2.05. The van der Waals surface area contributed by atoms with E-state index in [0.717, 1.165) is 23.1 Å². The van der Waals surface area contributed by atoms with Crippen molar-refractivity contribution in [2.75, 3.05) is 0 Å². The van der Waals surface area contributed by atoms with Crippen LogP contribution in [-0.2, 0) is 0 Å². The van der Waals surface area contributed by atoms with Gasteiger partial charge in [0.05, 0.1) is 0 Å². The Morgan fingerprint density at radius 3 is 2.31 bits per heavy atom. The lowest BCUT2D eigenvalue weighted by molar-refractivity contribution is 0.101. The normalized spacial score (nSPS) is 9.69. The van der Waals surface area contributed by atoms with Gasteiger partial charge in [0.25, 0.3) is 0 Å². The summed E-state index contributed by atoms with van der Waals surface area (Å²) in [5.74, 6) is 0.102. The fourth-order valence-electron chi connectivity index (χ4n) is 1.29. The maximum Gasteiger partial charge on any atom is 0.160 e. The van der Waals surface area contributed by atoms with Crippen molar-refractivity contribution in [2.45, 2.75) is 20.3 Å². The number of carbonyl (C=O) groups excluding carboxylic acids is 1. The highest BCUT2D eigenvalue weighted by Crippen LogP contribution is 2.20. The molecule has 68 valence electrons. The molecule has 0 amide bonds. The molecule has 0 saturated carbocycles. The largest absolute Gasteiger partial charge is 0.294 e.